The van der Waals surface area contributed by atoms with E-state index in [1.807, 2.05) is 12.3 Å². The first-order valence-electron chi connectivity index (χ1n) is 7.20. The van der Waals surface area contributed by atoms with Gasteiger partial charge in [0.05, 0.1) is 11.6 Å². The monoisotopic (exact) mass is 299 g/mol. The molecule has 0 aliphatic carbocycles. The van der Waals surface area contributed by atoms with Gasteiger partial charge in [0.15, 0.2) is 0 Å². The SMILES string of the molecule is CCCNCc1cnc(N(CCOC)C(C)C)c(Cl)c1. The van der Waals surface area contributed by atoms with Crippen LogP contribution >= 0.6 is 11.6 Å². The molecule has 5 heteroatoms. The Labute approximate surface area is 127 Å². The van der Waals surface area contributed by atoms with Crippen molar-refractivity contribution in [2.75, 3.05) is 31.7 Å². The molecule has 0 bridgehead atoms. The molecule has 0 spiro atoms. The summed E-state index contributed by atoms with van der Waals surface area (Å²) >= 11 is 6.39. The highest BCUT2D eigenvalue weighted by Crippen LogP contribution is 2.25. The van der Waals surface area contributed by atoms with Gasteiger partial charge in [0, 0.05) is 32.4 Å². The van der Waals surface area contributed by atoms with E-state index in [0.717, 1.165) is 37.4 Å². The van der Waals surface area contributed by atoms with E-state index in [1.165, 1.54) is 0 Å². The predicted octanol–water partition coefficient (Wildman–Crippen LogP) is 3.10. The third kappa shape index (κ3) is 5.27. The van der Waals surface area contributed by atoms with Crippen LogP contribution in [0.15, 0.2) is 12.3 Å². The summed E-state index contributed by atoms with van der Waals surface area (Å²) in [5.74, 6) is 0.831. The predicted molar refractivity (Wildman–Crippen MR) is 85.6 cm³/mol. The van der Waals surface area contributed by atoms with Crippen LogP contribution in [0.3, 0.4) is 0 Å². The summed E-state index contributed by atoms with van der Waals surface area (Å²) in [5, 5.41) is 4.05. The zero-order valence-corrected chi connectivity index (χ0v) is 13.7. The number of anilines is 1. The van der Waals surface area contributed by atoms with Gasteiger partial charge < -0.3 is 15.0 Å². The molecule has 0 radical (unpaired) electrons. The normalized spacial score (nSPS) is 11.1. The number of nitrogens with one attached hydrogen (secondary N) is 1. The van der Waals surface area contributed by atoms with Gasteiger partial charge >= 0.3 is 0 Å². The second kappa shape index (κ2) is 9.16. The lowest BCUT2D eigenvalue weighted by molar-refractivity contribution is 0.203. The van der Waals surface area contributed by atoms with Crippen LogP contribution in [0, 0.1) is 0 Å². The molecule has 1 heterocycles. The highest BCUT2D eigenvalue weighted by Gasteiger charge is 2.15. The van der Waals surface area contributed by atoms with Crippen molar-refractivity contribution in [1.29, 1.82) is 0 Å². The fourth-order valence-corrected chi connectivity index (χ4v) is 2.28. The van der Waals surface area contributed by atoms with Gasteiger partial charge in [-0.25, -0.2) is 4.98 Å². The van der Waals surface area contributed by atoms with Gasteiger partial charge in [0.25, 0.3) is 0 Å². The van der Waals surface area contributed by atoms with E-state index >= 15 is 0 Å². The molecule has 20 heavy (non-hydrogen) atoms. The molecule has 114 valence electrons. The van der Waals surface area contributed by atoms with Gasteiger partial charge in [-0.2, -0.15) is 0 Å². The van der Waals surface area contributed by atoms with Crippen LogP contribution in [0.4, 0.5) is 5.82 Å². The van der Waals surface area contributed by atoms with E-state index in [-0.39, 0.29) is 0 Å². The third-order valence-electron chi connectivity index (χ3n) is 3.07. The topological polar surface area (TPSA) is 37.4 Å². The Bertz CT molecular complexity index is 399. The molecule has 1 aromatic rings. The summed E-state index contributed by atoms with van der Waals surface area (Å²) in [6.45, 7) is 9.67. The van der Waals surface area contributed by atoms with E-state index in [1.54, 1.807) is 7.11 Å². The molecule has 0 aromatic carbocycles. The zero-order valence-electron chi connectivity index (χ0n) is 12.9. The number of hydrogen-bond donors (Lipinski definition) is 1. The number of halogens is 1. The molecule has 0 saturated heterocycles. The molecule has 0 aliphatic rings. The summed E-state index contributed by atoms with van der Waals surface area (Å²) in [5.41, 5.74) is 1.11. The molecular weight excluding hydrogens is 274 g/mol. The Morgan fingerprint density at radius 3 is 2.75 bits per heavy atom. The third-order valence-corrected chi connectivity index (χ3v) is 3.34. The van der Waals surface area contributed by atoms with Crippen molar-refractivity contribution < 1.29 is 4.74 Å². The van der Waals surface area contributed by atoms with E-state index < -0.39 is 0 Å². The van der Waals surface area contributed by atoms with Crippen LogP contribution in [0.25, 0.3) is 0 Å². The van der Waals surface area contributed by atoms with Crippen molar-refractivity contribution in [2.45, 2.75) is 39.8 Å². The Kier molecular flexibility index (Phi) is 7.88. The molecule has 1 N–H and O–H groups in total. The molecule has 0 atom stereocenters. The van der Waals surface area contributed by atoms with Crippen LogP contribution < -0.4 is 10.2 Å². The quantitative estimate of drug-likeness (QED) is 0.711. The standard InChI is InChI=1S/C15H26ClN3O/c1-5-6-17-10-13-9-14(16)15(18-11-13)19(12(2)3)7-8-20-4/h9,11-12,17H,5-8,10H2,1-4H3. The first-order valence-corrected chi connectivity index (χ1v) is 7.58. The van der Waals surface area contributed by atoms with Crippen molar-refractivity contribution in [3.8, 4) is 0 Å². The van der Waals surface area contributed by atoms with Gasteiger partial charge in [-0.1, -0.05) is 18.5 Å². The fraction of sp³-hybridized carbons (Fsp3) is 0.667. The molecule has 0 fully saturated rings. The second-order valence-electron chi connectivity index (χ2n) is 5.11. The maximum atomic E-state index is 6.39. The number of ether oxygens (including phenoxy) is 1. The van der Waals surface area contributed by atoms with E-state index in [0.29, 0.717) is 17.7 Å². The molecule has 0 aliphatic heterocycles. The molecule has 4 nitrogen and oxygen atoms in total. The lowest BCUT2D eigenvalue weighted by atomic mass is 10.2. The number of nitrogens with zero attached hydrogens (tertiary/aromatic N) is 2. The molecule has 1 rings (SSSR count). The molecular formula is C15H26ClN3O. The summed E-state index contributed by atoms with van der Waals surface area (Å²) < 4.78 is 5.15. The minimum atomic E-state index is 0.333. The van der Waals surface area contributed by atoms with E-state index in [4.69, 9.17) is 16.3 Å². The van der Waals surface area contributed by atoms with E-state index in [9.17, 15) is 0 Å². The molecule has 1 aromatic heterocycles. The number of methoxy groups -OCH3 is 1. The van der Waals surface area contributed by atoms with Crippen LogP contribution in [0.2, 0.25) is 5.02 Å². The van der Waals surface area contributed by atoms with Crippen LogP contribution in [-0.2, 0) is 11.3 Å². The van der Waals surface area contributed by atoms with Crippen molar-refractivity contribution in [1.82, 2.24) is 10.3 Å². The van der Waals surface area contributed by atoms with Gasteiger partial charge in [-0.3, -0.25) is 0 Å². The number of aromatic nitrogens is 1. The minimum absolute atomic E-state index is 0.333. The molecule has 0 amide bonds. The molecule has 0 saturated carbocycles. The van der Waals surface area contributed by atoms with Crippen molar-refractivity contribution in [2.24, 2.45) is 0 Å². The maximum Gasteiger partial charge on any atom is 0.147 e. The summed E-state index contributed by atoms with van der Waals surface area (Å²) in [6.07, 6.45) is 3.02. The summed E-state index contributed by atoms with van der Waals surface area (Å²) in [4.78, 5) is 6.69. The number of rotatable bonds is 9. The first kappa shape index (κ1) is 17.2. The highest BCUT2D eigenvalue weighted by molar-refractivity contribution is 6.33. The Hall–Kier alpha value is -0.840. The van der Waals surface area contributed by atoms with Crippen molar-refractivity contribution in [3.63, 3.8) is 0 Å². The second-order valence-corrected chi connectivity index (χ2v) is 5.51. The van der Waals surface area contributed by atoms with Gasteiger partial charge in [0.1, 0.15) is 5.82 Å². The van der Waals surface area contributed by atoms with Crippen molar-refractivity contribution in [3.05, 3.63) is 22.8 Å². The highest BCUT2D eigenvalue weighted by atomic mass is 35.5. The Morgan fingerprint density at radius 1 is 1.45 bits per heavy atom. The van der Waals surface area contributed by atoms with Gasteiger partial charge in [0.2, 0.25) is 0 Å². The first-order chi connectivity index (χ1) is 9.60. The Morgan fingerprint density at radius 2 is 2.20 bits per heavy atom. The number of pyridine rings is 1. The van der Waals surface area contributed by atoms with Crippen LogP contribution in [0.5, 0.6) is 0 Å². The molecule has 0 unspecified atom stereocenters. The zero-order chi connectivity index (χ0) is 15.0. The lowest BCUT2D eigenvalue weighted by Gasteiger charge is -2.28. The average Bonchev–Trinajstić information content (AvgIpc) is 2.41. The summed E-state index contributed by atoms with van der Waals surface area (Å²) in [6, 6.07) is 2.33. The van der Waals surface area contributed by atoms with Crippen LogP contribution in [-0.4, -0.2) is 37.8 Å². The lowest BCUT2D eigenvalue weighted by Crippen LogP contribution is -2.34. The maximum absolute atomic E-state index is 6.39. The average molecular weight is 300 g/mol. The Balaban J connectivity index is 2.78. The van der Waals surface area contributed by atoms with Crippen molar-refractivity contribution >= 4 is 17.4 Å². The van der Waals surface area contributed by atoms with Gasteiger partial charge in [-0.15, -0.1) is 0 Å². The number of hydrogen-bond acceptors (Lipinski definition) is 4. The smallest absolute Gasteiger partial charge is 0.147 e. The van der Waals surface area contributed by atoms with Crippen LogP contribution in [0.1, 0.15) is 32.8 Å². The van der Waals surface area contributed by atoms with Gasteiger partial charge in [-0.05, 0) is 38.4 Å². The summed E-state index contributed by atoms with van der Waals surface area (Å²) in [7, 11) is 1.70. The largest absolute Gasteiger partial charge is 0.383 e. The van der Waals surface area contributed by atoms with E-state index in [2.05, 4.69) is 36.0 Å². The fourth-order valence-electron chi connectivity index (χ4n) is 1.99. The minimum Gasteiger partial charge on any atom is -0.383 e.